The van der Waals surface area contributed by atoms with Crippen molar-refractivity contribution in [3.8, 4) is 11.1 Å². The number of amides is 10. The molecule has 100 heavy (non-hydrogen) atoms. The minimum absolute atomic E-state index is 0.00838. The number of nitrogens with one attached hydrogen (secondary N) is 8. The first-order valence-corrected chi connectivity index (χ1v) is 35.2. The van der Waals surface area contributed by atoms with Gasteiger partial charge in [-0.3, -0.25) is 33.6 Å². The molecule has 5 aromatic carbocycles. The number of hydrogen-bond donors (Lipinski definition) is 8. The summed E-state index contributed by atoms with van der Waals surface area (Å²) < 4.78 is 16.9. The molecular formula is C77H96N10O13. The molecule has 2 fully saturated rings. The highest BCUT2D eigenvalue weighted by Gasteiger charge is 2.47. The summed E-state index contributed by atoms with van der Waals surface area (Å²) in [5.41, 5.74) is 7.51. The van der Waals surface area contributed by atoms with Gasteiger partial charge < -0.3 is 66.5 Å². The number of carbonyl (C=O) groups excluding carboxylic acids is 10. The second kappa shape index (κ2) is 32.9. The molecule has 2 heterocycles. The Balaban J connectivity index is 0.766. The van der Waals surface area contributed by atoms with Gasteiger partial charge in [0, 0.05) is 44.4 Å². The molecule has 0 aromatic heterocycles. The van der Waals surface area contributed by atoms with Crippen LogP contribution >= 0.6 is 0 Å². The number of alkyl carbamates (subject to hydrolysis) is 3. The molecule has 0 unspecified atom stereocenters. The van der Waals surface area contributed by atoms with Crippen molar-refractivity contribution in [1.82, 2.24) is 52.3 Å². The lowest BCUT2D eigenvalue weighted by Crippen LogP contribution is -2.60. The number of likely N-dealkylation sites (tertiary alicyclic amines) is 2. The van der Waals surface area contributed by atoms with Gasteiger partial charge in [0.1, 0.15) is 49.0 Å². The van der Waals surface area contributed by atoms with E-state index in [0.717, 1.165) is 70.2 Å². The average molecular weight is 1370 g/mol. The molecule has 10 amide bonds. The monoisotopic (exact) mass is 1370 g/mol. The van der Waals surface area contributed by atoms with E-state index in [0.29, 0.717) is 18.4 Å². The van der Waals surface area contributed by atoms with Crippen molar-refractivity contribution >= 4 is 59.6 Å². The maximum Gasteiger partial charge on any atom is 0.408 e. The van der Waals surface area contributed by atoms with Crippen LogP contribution in [0.25, 0.3) is 11.1 Å². The van der Waals surface area contributed by atoms with E-state index >= 15 is 4.79 Å². The lowest BCUT2D eigenvalue weighted by atomic mass is 9.85. The topological polar surface area (TPSA) is 301 Å². The van der Waals surface area contributed by atoms with Crippen LogP contribution in [0.3, 0.4) is 0 Å². The molecule has 3 aliphatic carbocycles. The summed E-state index contributed by atoms with van der Waals surface area (Å²) in [7, 11) is 0. The molecule has 0 spiro atoms. The molecule has 9 atom stereocenters. The van der Waals surface area contributed by atoms with Gasteiger partial charge in [-0.2, -0.15) is 0 Å². The Hall–Kier alpha value is -9.80. The van der Waals surface area contributed by atoms with Gasteiger partial charge in [0.25, 0.3) is 0 Å². The molecule has 23 heteroatoms. The van der Waals surface area contributed by atoms with E-state index in [4.69, 9.17) is 14.2 Å². The minimum Gasteiger partial charge on any atom is -0.449 e. The molecule has 0 saturated carbocycles. The van der Waals surface area contributed by atoms with E-state index in [1.54, 1.807) is 53.7 Å². The number of carbonyl (C=O) groups is 10. The normalized spacial score (nSPS) is 20.1. The largest absolute Gasteiger partial charge is 0.449 e. The Morgan fingerprint density at radius 2 is 1.05 bits per heavy atom. The van der Waals surface area contributed by atoms with Crippen LogP contribution in [0.4, 0.5) is 14.4 Å². The third kappa shape index (κ3) is 18.9. The van der Waals surface area contributed by atoms with Crippen LogP contribution in [0, 0.1) is 5.41 Å². The van der Waals surface area contributed by atoms with Crippen LogP contribution in [-0.2, 0) is 67.2 Å². The summed E-state index contributed by atoms with van der Waals surface area (Å²) in [6, 6.07) is 33.3. The maximum absolute atomic E-state index is 15.1. The Bertz CT molecular complexity index is 3750. The molecule has 532 valence electrons. The van der Waals surface area contributed by atoms with E-state index in [1.807, 2.05) is 103 Å². The average Bonchev–Trinajstić information content (AvgIpc) is 1.61. The van der Waals surface area contributed by atoms with Crippen molar-refractivity contribution in [2.75, 3.05) is 26.2 Å². The molecule has 2 aliphatic heterocycles. The van der Waals surface area contributed by atoms with Gasteiger partial charge in [0.05, 0.1) is 18.1 Å². The molecule has 0 bridgehead atoms. The molecule has 2 saturated heterocycles. The highest BCUT2D eigenvalue weighted by Crippen LogP contribution is 2.45. The van der Waals surface area contributed by atoms with Gasteiger partial charge in [0.15, 0.2) is 0 Å². The SMILES string of the molecule is C[C@H](NC(=O)OC(C)(C)C)C(=O)N[C@H](C(=O)N1C[C@@H](NC(=O)CCCC(=O)NCCC[C@H](NC(=O)OCc2ccccc2)C(=O)N2C[C@@H](NC(=O)OCC3c4ccccc4-c4ccccc43)C[C@H]2C(=O)N[C@@H]2CCCc3ccccc32)C[C@H]1C(=O)N[C@@H]1CCCc2ccccc21)C(C)(C)C. The van der Waals surface area contributed by atoms with Crippen molar-refractivity contribution in [3.63, 3.8) is 0 Å². The highest BCUT2D eigenvalue weighted by atomic mass is 16.6. The molecular weight excluding hydrogens is 1270 g/mol. The smallest absolute Gasteiger partial charge is 0.408 e. The Labute approximate surface area is 585 Å². The van der Waals surface area contributed by atoms with Gasteiger partial charge in [-0.1, -0.05) is 148 Å². The predicted molar refractivity (Wildman–Crippen MR) is 375 cm³/mol. The zero-order valence-corrected chi connectivity index (χ0v) is 58.3. The quantitative estimate of drug-likeness (QED) is 0.0212. The number of fused-ring (bicyclic) bond motifs is 5. The van der Waals surface area contributed by atoms with Crippen molar-refractivity contribution in [3.05, 3.63) is 166 Å². The van der Waals surface area contributed by atoms with Gasteiger partial charge in [0.2, 0.25) is 41.4 Å². The predicted octanol–water partition coefficient (Wildman–Crippen LogP) is 8.77. The van der Waals surface area contributed by atoms with Crippen LogP contribution in [0.5, 0.6) is 0 Å². The van der Waals surface area contributed by atoms with E-state index in [1.165, 1.54) is 16.7 Å². The van der Waals surface area contributed by atoms with Crippen molar-refractivity contribution in [2.24, 2.45) is 5.41 Å². The van der Waals surface area contributed by atoms with Crippen molar-refractivity contribution in [2.45, 2.75) is 204 Å². The second-order valence-electron chi connectivity index (χ2n) is 29.0. The summed E-state index contributed by atoms with van der Waals surface area (Å²) in [6.07, 6.45) is 2.75. The van der Waals surface area contributed by atoms with E-state index in [2.05, 4.69) is 54.7 Å². The number of ether oxygens (including phenoxy) is 3. The minimum atomic E-state index is -1.24. The summed E-state index contributed by atoms with van der Waals surface area (Å²) in [4.78, 5) is 143. The molecule has 5 aromatic rings. The van der Waals surface area contributed by atoms with Crippen molar-refractivity contribution in [1.29, 1.82) is 0 Å². The fraction of sp³-hybridized carbons (Fsp3) is 0.481. The zero-order valence-electron chi connectivity index (χ0n) is 58.3. The summed E-state index contributed by atoms with van der Waals surface area (Å²) in [6.45, 7) is 11.8. The summed E-state index contributed by atoms with van der Waals surface area (Å²) >= 11 is 0. The fourth-order valence-electron chi connectivity index (χ4n) is 14.3. The lowest BCUT2D eigenvalue weighted by molar-refractivity contribution is -0.144. The first-order valence-electron chi connectivity index (χ1n) is 35.2. The Morgan fingerprint density at radius 3 is 1.62 bits per heavy atom. The van der Waals surface area contributed by atoms with Gasteiger partial charge >= 0.3 is 18.3 Å². The van der Waals surface area contributed by atoms with E-state index in [9.17, 15) is 43.2 Å². The third-order valence-electron chi connectivity index (χ3n) is 19.3. The molecule has 5 aliphatic rings. The molecule has 8 N–H and O–H groups in total. The molecule has 10 rings (SSSR count). The van der Waals surface area contributed by atoms with Gasteiger partial charge in [-0.05, 0) is 154 Å². The van der Waals surface area contributed by atoms with Gasteiger partial charge in [-0.25, -0.2) is 14.4 Å². The van der Waals surface area contributed by atoms with Gasteiger partial charge in [-0.15, -0.1) is 0 Å². The number of aryl methyl sites for hydroxylation is 2. The van der Waals surface area contributed by atoms with Crippen LogP contribution in [0.2, 0.25) is 0 Å². The van der Waals surface area contributed by atoms with E-state index < -0.39 is 107 Å². The van der Waals surface area contributed by atoms with E-state index in [-0.39, 0.29) is 102 Å². The third-order valence-corrected chi connectivity index (χ3v) is 19.3. The van der Waals surface area contributed by atoms with Crippen LogP contribution in [0.15, 0.2) is 127 Å². The zero-order chi connectivity index (χ0) is 71.3. The van der Waals surface area contributed by atoms with Crippen molar-refractivity contribution < 1.29 is 62.2 Å². The van der Waals surface area contributed by atoms with Crippen LogP contribution < -0.4 is 42.5 Å². The second-order valence-corrected chi connectivity index (χ2v) is 29.0. The Morgan fingerprint density at radius 1 is 0.530 bits per heavy atom. The first kappa shape index (κ1) is 72.9. The molecule has 0 radical (unpaired) electrons. The number of rotatable bonds is 24. The number of hydrogen-bond acceptors (Lipinski definition) is 13. The van der Waals surface area contributed by atoms with Crippen LogP contribution in [-0.4, -0.2) is 144 Å². The summed E-state index contributed by atoms with van der Waals surface area (Å²) in [5.74, 6) is -3.59. The standard InChI is InChI=1S/C77H96N10O13/c1-47(79-75(97)100-77(5,6)7)68(90)85-67(76(2,3)4)72(94)87-43-51(41-64(87)70(92)83-61-36-20-28-50-26-12-14-30-54(50)61)80-66(89)39-21-38-65(88)78-40-22-37-62(84-74(96)98-45-48-23-9-8-10-24-48)71(93)86-44-52(42-63(86)69(91)82-60-35-19-27-49-25-11-13-29-53(49)60)81-73(95)99-46-59-57-33-17-15-31-55(57)56-32-16-18-34-58(56)59/h8-18,23-26,29-34,47,51-52,59-64,67H,19-22,27-28,35-46H2,1-7H3,(H,78,88)(H,79,97)(H,80,89)(H,81,95)(H,82,91)(H,83,92)(H,84,96)(H,85,90)/t47-,51-,52-,60+,61+,62-,63-,64-,67+/m0/s1. The Kier molecular flexibility index (Phi) is 24.0. The number of benzene rings is 5. The lowest BCUT2D eigenvalue weighted by Gasteiger charge is -2.36. The first-order chi connectivity index (χ1) is 47.9. The van der Waals surface area contributed by atoms with Crippen LogP contribution in [0.1, 0.15) is 176 Å². The number of nitrogens with zero attached hydrogens (tertiary/aromatic N) is 2. The summed E-state index contributed by atoms with van der Waals surface area (Å²) in [5, 5.41) is 23.3. The maximum atomic E-state index is 15.1. The fourth-order valence-corrected chi connectivity index (χ4v) is 14.3. The molecule has 23 nitrogen and oxygen atoms in total. The highest BCUT2D eigenvalue weighted by molar-refractivity contribution is 5.96.